The highest BCUT2D eigenvalue weighted by Crippen LogP contribution is 2.06. The molecule has 4 heteroatoms. The molecule has 0 amide bonds. The van der Waals surface area contributed by atoms with E-state index in [0.29, 0.717) is 0 Å². The lowest BCUT2D eigenvalue weighted by molar-refractivity contribution is 0.327. The van der Waals surface area contributed by atoms with Crippen LogP contribution in [0.4, 0.5) is 4.39 Å². The number of alkyl halides is 1. The Balaban J connectivity index is 4.08. The summed E-state index contributed by atoms with van der Waals surface area (Å²) in [5, 5.41) is -2.05. The summed E-state index contributed by atoms with van der Waals surface area (Å²) in [6.07, 6.45) is 0. The van der Waals surface area contributed by atoms with Gasteiger partial charge in [-0.15, -0.1) is 0 Å². The highest BCUT2D eigenvalue weighted by atomic mass is 32.2. The first-order valence-corrected chi connectivity index (χ1v) is 2.96. The van der Waals surface area contributed by atoms with Crippen LogP contribution in [0.5, 0.6) is 0 Å². The monoisotopic (exact) mass is 126 g/mol. The van der Waals surface area contributed by atoms with Crippen molar-refractivity contribution >= 4 is 10.7 Å². The first-order chi connectivity index (χ1) is 2.94. The van der Waals surface area contributed by atoms with Gasteiger partial charge in [-0.1, -0.05) is 0 Å². The third-order valence-corrected chi connectivity index (χ3v) is 1.30. The summed E-state index contributed by atoms with van der Waals surface area (Å²) in [5.74, 6) is 0. The summed E-state index contributed by atoms with van der Waals surface area (Å²) in [5.41, 5.74) is 0. The molecule has 2 nitrogen and oxygen atoms in total. The molecule has 0 aromatic heterocycles. The number of hydrogen-bond donors (Lipinski definition) is 1. The van der Waals surface area contributed by atoms with E-state index in [2.05, 4.69) is 0 Å². The zero-order valence-corrected chi connectivity index (χ0v) is 5.04. The topological polar surface area (TPSA) is 34.1 Å². The zero-order chi connectivity index (χ0) is 6.08. The molecule has 44 valence electrons. The molecule has 0 aromatic rings. The maximum atomic E-state index is 11.9. The van der Waals surface area contributed by atoms with Crippen LogP contribution in [-0.4, -0.2) is 13.4 Å². The Bertz CT molecular complexity index is 113. The SMILES string of the molecule is CC(C)(F)[SH](=O)=O. The summed E-state index contributed by atoms with van der Waals surface area (Å²) in [7, 11) is -2.91. The number of hydrogen-bond acceptors (Lipinski definition) is 2. The Hall–Kier alpha value is -0.120. The van der Waals surface area contributed by atoms with Gasteiger partial charge in [0.25, 0.3) is 0 Å². The standard InChI is InChI=1S/C3H7FO2S/c1-3(2,4)7(5)6/h7H,1-2H3. The number of halogens is 1. The van der Waals surface area contributed by atoms with E-state index in [1.807, 2.05) is 0 Å². The summed E-state index contributed by atoms with van der Waals surface area (Å²) in [6, 6.07) is 0. The molecule has 0 heterocycles. The van der Waals surface area contributed by atoms with Gasteiger partial charge in [0, 0.05) is 0 Å². The van der Waals surface area contributed by atoms with Gasteiger partial charge < -0.3 is 0 Å². The fourth-order valence-corrected chi connectivity index (χ4v) is 0. The molecule has 0 rings (SSSR count). The molecule has 0 aliphatic rings. The molecule has 0 aliphatic carbocycles. The molecule has 0 aliphatic heterocycles. The van der Waals surface area contributed by atoms with Crippen molar-refractivity contribution < 1.29 is 12.8 Å². The Morgan fingerprint density at radius 3 is 1.57 bits per heavy atom. The average Bonchev–Trinajstić information content (AvgIpc) is 1.31. The van der Waals surface area contributed by atoms with Gasteiger partial charge in [-0.05, 0) is 13.8 Å². The minimum absolute atomic E-state index is 0.999. The van der Waals surface area contributed by atoms with Crippen LogP contribution < -0.4 is 0 Å². The molecule has 0 atom stereocenters. The quantitative estimate of drug-likeness (QED) is 0.513. The lowest BCUT2D eigenvalue weighted by Crippen LogP contribution is -2.12. The van der Waals surface area contributed by atoms with Crippen molar-refractivity contribution in [2.45, 2.75) is 18.8 Å². The Morgan fingerprint density at radius 1 is 1.43 bits per heavy atom. The van der Waals surface area contributed by atoms with E-state index in [4.69, 9.17) is 0 Å². The van der Waals surface area contributed by atoms with Crippen molar-refractivity contribution in [1.82, 2.24) is 0 Å². The van der Waals surface area contributed by atoms with Gasteiger partial charge in [0.1, 0.15) is 0 Å². The zero-order valence-electron chi connectivity index (χ0n) is 4.14. The number of thiol groups is 1. The van der Waals surface area contributed by atoms with Crippen LogP contribution in [-0.2, 0) is 10.7 Å². The molecule has 0 unspecified atom stereocenters. The predicted molar refractivity (Wildman–Crippen MR) is 25.5 cm³/mol. The average molecular weight is 126 g/mol. The van der Waals surface area contributed by atoms with E-state index in [0.717, 1.165) is 13.8 Å². The van der Waals surface area contributed by atoms with Crippen molar-refractivity contribution in [3.8, 4) is 0 Å². The largest absolute Gasteiger partial charge is 0.229 e. The second-order valence-corrected chi connectivity index (χ2v) is 3.24. The van der Waals surface area contributed by atoms with E-state index in [1.165, 1.54) is 0 Å². The van der Waals surface area contributed by atoms with Gasteiger partial charge in [-0.3, -0.25) is 0 Å². The maximum Gasteiger partial charge on any atom is 0.202 e. The van der Waals surface area contributed by atoms with Crippen molar-refractivity contribution in [2.75, 3.05) is 0 Å². The van der Waals surface area contributed by atoms with Crippen molar-refractivity contribution in [3.05, 3.63) is 0 Å². The molecular weight excluding hydrogens is 119 g/mol. The van der Waals surface area contributed by atoms with E-state index < -0.39 is 15.7 Å². The first-order valence-electron chi connectivity index (χ1n) is 1.78. The van der Waals surface area contributed by atoms with Gasteiger partial charge >= 0.3 is 0 Å². The summed E-state index contributed by atoms with van der Waals surface area (Å²) in [6.45, 7) is 2.00. The molecule has 0 bridgehead atoms. The molecule has 0 saturated heterocycles. The van der Waals surface area contributed by atoms with Gasteiger partial charge in [0.2, 0.25) is 5.00 Å². The van der Waals surface area contributed by atoms with E-state index in [-0.39, 0.29) is 0 Å². The Kier molecular flexibility index (Phi) is 1.75. The van der Waals surface area contributed by atoms with Crippen LogP contribution >= 0.6 is 0 Å². The van der Waals surface area contributed by atoms with Crippen molar-refractivity contribution in [1.29, 1.82) is 0 Å². The van der Waals surface area contributed by atoms with Gasteiger partial charge in [0.05, 0.1) is 0 Å². The smallest absolute Gasteiger partial charge is 0.202 e. The second kappa shape index (κ2) is 1.78. The van der Waals surface area contributed by atoms with E-state index in [1.54, 1.807) is 0 Å². The van der Waals surface area contributed by atoms with Crippen LogP contribution in [0.15, 0.2) is 0 Å². The van der Waals surface area contributed by atoms with Crippen LogP contribution in [0, 0.1) is 0 Å². The molecule has 0 radical (unpaired) electrons. The molecule has 0 aromatic carbocycles. The van der Waals surface area contributed by atoms with Crippen LogP contribution in [0.1, 0.15) is 13.8 Å². The van der Waals surface area contributed by atoms with Gasteiger partial charge in [0.15, 0.2) is 10.7 Å². The fourth-order valence-electron chi connectivity index (χ4n) is 0. The molecule has 7 heavy (non-hydrogen) atoms. The summed E-state index contributed by atoms with van der Waals surface area (Å²) < 4.78 is 31.3. The first kappa shape index (κ1) is 6.88. The van der Waals surface area contributed by atoms with E-state index >= 15 is 0 Å². The lowest BCUT2D eigenvalue weighted by Gasteiger charge is -2.00. The summed E-state index contributed by atoms with van der Waals surface area (Å²) >= 11 is 0. The van der Waals surface area contributed by atoms with E-state index in [9.17, 15) is 12.8 Å². The van der Waals surface area contributed by atoms with Crippen LogP contribution in [0.25, 0.3) is 0 Å². The maximum absolute atomic E-state index is 11.9. The second-order valence-electron chi connectivity index (χ2n) is 1.67. The highest BCUT2D eigenvalue weighted by Gasteiger charge is 2.17. The minimum Gasteiger partial charge on any atom is -0.229 e. The third-order valence-electron chi connectivity index (χ3n) is 0.434. The Morgan fingerprint density at radius 2 is 1.57 bits per heavy atom. The predicted octanol–water partition coefficient (Wildman–Crippen LogP) is 0.303. The van der Waals surface area contributed by atoms with Crippen molar-refractivity contribution in [3.63, 3.8) is 0 Å². The molecule has 0 fully saturated rings. The lowest BCUT2D eigenvalue weighted by atomic mass is 10.5. The number of rotatable bonds is 1. The third kappa shape index (κ3) is 2.56. The van der Waals surface area contributed by atoms with Gasteiger partial charge in [-0.25, -0.2) is 12.8 Å². The fraction of sp³-hybridized carbons (Fsp3) is 1.00. The molecule has 0 N–H and O–H groups in total. The van der Waals surface area contributed by atoms with Crippen LogP contribution in [0.3, 0.4) is 0 Å². The molecule has 0 saturated carbocycles. The minimum atomic E-state index is -2.91. The normalized spacial score (nSPS) is 12.6. The summed E-state index contributed by atoms with van der Waals surface area (Å²) in [4.78, 5) is 0. The molecule has 0 spiro atoms. The highest BCUT2D eigenvalue weighted by molar-refractivity contribution is 7.73. The molecular formula is C3H7FO2S. The van der Waals surface area contributed by atoms with Crippen LogP contribution in [0.2, 0.25) is 0 Å². The van der Waals surface area contributed by atoms with Gasteiger partial charge in [-0.2, -0.15) is 0 Å². The Labute approximate surface area is 43.3 Å². The van der Waals surface area contributed by atoms with Crippen molar-refractivity contribution in [2.24, 2.45) is 0 Å².